The van der Waals surface area contributed by atoms with Gasteiger partial charge in [-0.15, -0.1) is 0 Å². The third-order valence-electron chi connectivity index (χ3n) is 6.62. The minimum atomic E-state index is -0.407. The highest BCUT2D eigenvalue weighted by molar-refractivity contribution is 5.74. The zero-order valence-electron chi connectivity index (χ0n) is 19.4. The summed E-state index contributed by atoms with van der Waals surface area (Å²) in [5.41, 5.74) is 6.81. The molecule has 1 fully saturated rings. The van der Waals surface area contributed by atoms with Crippen LogP contribution in [0, 0.1) is 19.7 Å². The molecule has 1 saturated heterocycles. The van der Waals surface area contributed by atoms with Crippen molar-refractivity contribution in [3.05, 3.63) is 83.5 Å². The number of benzene rings is 1. The molecule has 2 N–H and O–H groups in total. The van der Waals surface area contributed by atoms with E-state index in [4.69, 9.17) is 0 Å². The topological polar surface area (TPSA) is 95.2 Å². The molecule has 0 aliphatic carbocycles. The molecule has 0 unspecified atom stereocenters. The normalized spacial score (nSPS) is 14.5. The summed E-state index contributed by atoms with van der Waals surface area (Å²) < 4.78 is 16.2. The molecule has 9 heteroatoms. The Morgan fingerprint density at radius 3 is 2.63 bits per heavy atom. The zero-order chi connectivity index (χ0) is 24.1. The van der Waals surface area contributed by atoms with Crippen molar-refractivity contribution in [2.75, 3.05) is 13.1 Å². The predicted molar refractivity (Wildman–Crippen MR) is 129 cm³/mol. The first-order valence-corrected chi connectivity index (χ1v) is 11.5. The van der Waals surface area contributed by atoms with E-state index in [9.17, 15) is 9.50 Å². The van der Waals surface area contributed by atoms with E-state index in [1.165, 1.54) is 11.6 Å². The van der Waals surface area contributed by atoms with Crippen molar-refractivity contribution in [1.29, 1.82) is 0 Å². The molecule has 1 aliphatic heterocycles. The van der Waals surface area contributed by atoms with E-state index in [1.807, 2.05) is 38.2 Å². The van der Waals surface area contributed by atoms with E-state index in [2.05, 4.69) is 30.3 Å². The maximum atomic E-state index is 14.5. The average Bonchev–Trinajstić information content (AvgIpc) is 3.40. The summed E-state index contributed by atoms with van der Waals surface area (Å²) in [5, 5.41) is 26.6. The summed E-state index contributed by atoms with van der Waals surface area (Å²) in [6, 6.07) is 10.5. The Hall–Kier alpha value is -4.11. The standard InChI is InChI=1S/C26H24FN7O/c1-15-10-34-14-18(7-22(27)26(34)29-15)17-3-4-21(25(35)8-17)24-6-5-23(31-32-24)20-12-33(13-20)11-19-9-28-30-16(19)2/h3-10,14,20,35H,11-13H2,1-2H3,(H,28,30). The number of H-pyrrole nitrogens is 1. The second-order valence-electron chi connectivity index (χ2n) is 9.18. The molecule has 4 aromatic heterocycles. The van der Waals surface area contributed by atoms with Gasteiger partial charge < -0.3 is 9.51 Å². The van der Waals surface area contributed by atoms with E-state index in [-0.39, 0.29) is 11.4 Å². The summed E-state index contributed by atoms with van der Waals surface area (Å²) in [7, 11) is 0. The Labute approximate surface area is 201 Å². The molecule has 5 aromatic rings. The lowest BCUT2D eigenvalue weighted by Gasteiger charge is -2.38. The lowest BCUT2D eigenvalue weighted by atomic mass is 9.95. The molecular weight excluding hydrogens is 445 g/mol. The molecule has 6 rings (SSSR count). The van der Waals surface area contributed by atoms with Crippen LogP contribution in [0.3, 0.4) is 0 Å². The number of hydrogen-bond donors (Lipinski definition) is 2. The number of fused-ring (bicyclic) bond motifs is 1. The molecule has 0 radical (unpaired) electrons. The number of likely N-dealkylation sites (tertiary alicyclic amines) is 1. The van der Waals surface area contributed by atoms with Gasteiger partial charge in [0.15, 0.2) is 11.5 Å². The highest BCUT2D eigenvalue weighted by atomic mass is 19.1. The van der Waals surface area contributed by atoms with Crippen molar-refractivity contribution in [1.82, 2.24) is 34.7 Å². The fraction of sp³-hybridized carbons (Fsp3) is 0.231. The number of aromatic nitrogens is 6. The number of nitrogens with zero attached hydrogens (tertiary/aromatic N) is 6. The molecule has 176 valence electrons. The molecule has 0 saturated carbocycles. The summed E-state index contributed by atoms with van der Waals surface area (Å²) in [6.45, 7) is 6.58. The van der Waals surface area contributed by atoms with Crippen LogP contribution in [0.2, 0.25) is 0 Å². The van der Waals surface area contributed by atoms with Gasteiger partial charge in [-0.25, -0.2) is 9.37 Å². The summed E-state index contributed by atoms with van der Waals surface area (Å²) in [6.07, 6.45) is 5.45. The zero-order valence-corrected chi connectivity index (χ0v) is 19.4. The fourth-order valence-electron chi connectivity index (χ4n) is 4.63. The van der Waals surface area contributed by atoms with Gasteiger partial charge in [0.05, 0.1) is 23.3 Å². The number of phenolic OH excluding ortho intramolecular Hbond substituents is 1. The minimum absolute atomic E-state index is 0.0668. The quantitative estimate of drug-likeness (QED) is 0.400. The van der Waals surface area contributed by atoms with E-state index in [0.717, 1.165) is 36.7 Å². The highest BCUT2D eigenvalue weighted by Gasteiger charge is 2.30. The van der Waals surface area contributed by atoms with Crippen molar-refractivity contribution < 1.29 is 9.50 Å². The number of pyridine rings is 1. The number of halogens is 1. The van der Waals surface area contributed by atoms with Crippen LogP contribution in [0.5, 0.6) is 5.75 Å². The number of hydrogen-bond acceptors (Lipinski definition) is 6. The second-order valence-corrected chi connectivity index (χ2v) is 9.18. The third-order valence-corrected chi connectivity index (χ3v) is 6.62. The Bertz CT molecular complexity index is 1530. The summed E-state index contributed by atoms with van der Waals surface area (Å²) in [4.78, 5) is 6.54. The lowest BCUT2D eigenvalue weighted by molar-refractivity contribution is 0.136. The van der Waals surface area contributed by atoms with Crippen LogP contribution in [-0.4, -0.2) is 52.9 Å². The first kappa shape index (κ1) is 21.4. The van der Waals surface area contributed by atoms with Crippen molar-refractivity contribution >= 4 is 5.65 Å². The van der Waals surface area contributed by atoms with Gasteiger partial charge in [0.25, 0.3) is 0 Å². The number of imidazole rings is 1. The summed E-state index contributed by atoms with van der Waals surface area (Å²) >= 11 is 0. The number of aromatic hydroxyl groups is 1. The van der Waals surface area contributed by atoms with Crippen LogP contribution in [-0.2, 0) is 6.54 Å². The monoisotopic (exact) mass is 469 g/mol. The lowest BCUT2D eigenvalue weighted by Crippen LogP contribution is -2.44. The first-order chi connectivity index (χ1) is 16.9. The molecule has 1 aliphatic rings. The maximum Gasteiger partial charge on any atom is 0.173 e. The minimum Gasteiger partial charge on any atom is -0.507 e. The molecular formula is C26H24FN7O. The SMILES string of the molecule is Cc1cn2cc(-c3ccc(-c4ccc(C5CN(Cc6cn[nH]c6C)C5)nn4)c(O)c3)cc(F)c2n1. The molecule has 0 amide bonds. The largest absolute Gasteiger partial charge is 0.507 e. The van der Waals surface area contributed by atoms with E-state index >= 15 is 0 Å². The van der Waals surface area contributed by atoms with Gasteiger partial charge in [-0.2, -0.15) is 15.3 Å². The third kappa shape index (κ3) is 3.93. The van der Waals surface area contributed by atoms with Crippen LogP contribution < -0.4 is 0 Å². The Balaban J connectivity index is 1.17. The molecule has 35 heavy (non-hydrogen) atoms. The van der Waals surface area contributed by atoms with Gasteiger partial charge in [0.2, 0.25) is 0 Å². The van der Waals surface area contributed by atoms with E-state index in [1.54, 1.807) is 28.9 Å². The number of phenols is 1. The van der Waals surface area contributed by atoms with Gasteiger partial charge in [0, 0.05) is 60.3 Å². The van der Waals surface area contributed by atoms with Gasteiger partial charge in [-0.05, 0) is 49.7 Å². The van der Waals surface area contributed by atoms with E-state index in [0.29, 0.717) is 28.3 Å². The Kier molecular flexibility index (Phi) is 5.07. The van der Waals surface area contributed by atoms with Gasteiger partial charge in [-0.1, -0.05) is 6.07 Å². The average molecular weight is 470 g/mol. The fourth-order valence-corrected chi connectivity index (χ4v) is 4.63. The second kappa shape index (κ2) is 8.28. The molecule has 1 aromatic carbocycles. The van der Waals surface area contributed by atoms with Gasteiger partial charge in [0.1, 0.15) is 5.75 Å². The van der Waals surface area contributed by atoms with Crippen molar-refractivity contribution in [2.45, 2.75) is 26.3 Å². The smallest absolute Gasteiger partial charge is 0.173 e. The van der Waals surface area contributed by atoms with Crippen LogP contribution in [0.1, 0.15) is 28.6 Å². The number of nitrogens with one attached hydrogen (secondary N) is 1. The highest BCUT2D eigenvalue weighted by Crippen LogP contribution is 2.34. The van der Waals surface area contributed by atoms with Crippen molar-refractivity contribution in [3.63, 3.8) is 0 Å². The first-order valence-electron chi connectivity index (χ1n) is 11.5. The number of aromatic amines is 1. The molecule has 0 spiro atoms. The maximum absolute atomic E-state index is 14.5. The van der Waals surface area contributed by atoms with Gasteiger partial charge >= 0.3 is 0 Å². The Morgan fingerprint density at radius 2 is 1.91 bits per heavy atom. The predicted octanol–water partition coefficient (Wildman–Crippen LogP) is 4.24. The van der Waals surface area contributed by atoms with E-state index < -0.39 is 5.82 Å². The number of aryl methyl sites for hydroxylation is 2. The Morgan fingerprint density at radius 1 is 1.06 bits per heavy atom. The molecule has 8 nitrogen and oxygen atoms in total. The molecule has 5 heterocycles. The van der Waals surface area contributed by atoms with Crippen LogP contribution in [0.25, 0.3) is 28.0 Å². The van der Waals surface area contributed by atoms with Gasteiger partial charge in [-0.3, -0.25) is 10.00 Å². The van der Waals surface area contributed by atoms with Crippen LogP contribution in [0.15, 0.2) is 55.0 Å². The van der Waals surface area contributed by atoms with Crippen molar-refractivity contribution in [3.8, 4) is 28.1 Å². The molecule has 0 atom stereocenters. The van der Waals surface area contributed by atoms with Crippen LogP contribution in [0.4, 0.5) is 4.39 Å². The number of rotatable bonds is 5. The van der Waals surface area contributed by atoms with Crippen LogP contribution >= 0.6 is 0 Å². The summed E-state index contributed by atoms with van der Waals surface area (Å²) in [5.74, 6) is 0.00334. The molecule has 0 bridgehead atoms. The van der Waals surface area contributed by atoms with Crippen molar-refractivity contribution in [2.24, 2.45) is 0 Å².